The second kappa shape index (κ2) is 6.73. The van der Waals surface area contributed by atoms with Gasteiger partial charge in [-0.25, -0.2) is 4.98 Å². The summed E-state index contributed by atoms with van der Waals surface area (Å²) in [6, 6.07) is 8.79. The molecule has 2 aromatic rings. The van der Waals surface area contributed by atoms with E-state index in [-0.39, 0.29) is 5.78 Å². The smallest absolute Gasteiger partial charge is 0.212 e. The van der Waals surface area contributed by atoms with Crippen LogP contribution in [0.3, 0.4) is 0 Å². The second-order valence-electron chi connectivity index (χ2n) is 4.35. The third-order valence-electron chi connectivity index (χ3n) is 2.79. The lowest BCUT2D eigenvalue weighted by Gasteiger charge is -2.04. The first kappa shape index (κ1) is 14.8. The number of hydrogen-bond donors (Lipinski definition) is 0. The van der Waals surface area contributed by atoms with E-state index in [0.717, 1.165) is 11.1 Å². The molecule has 0 aliphatic heterocycles. The van der Waals surface area contributed by atoms with E-state index in [1.54, 1.807) is 37.6 Å². The normalized spacial score (nSPS) is 10.3. The Morgan fingerprint density at radius 3 is 2.40 bits per heavy atom. The number of methoxy groups -OCH3 is 1. The Labute approximate surface area is 127 Å². The number of hydrogen-bond acceptors (Lipinski definition) is 3. The standard InChI is InChI=1S/C15H13Cl2NO2/c1-20-15-5-3-11(9-18-15)7-12(19)6-10-2-4-13(16)14(17)8-10/h2-5,8-9H,6-7H2,1H3. The highest BCUT2D eigenvalue weighted by atomic mass is 35.5. The first-order chi connectivity index (χ1) is 9.58. The number of ether oxygens (including phenoxy) is 1. The van der Waals surface area contributed by atoms with Crippen molar-refractivity contribution in [3.05, 3.63) is 57.7 Å². The zero-order valence-corrected chi connectivity index (χ0v) is 12.4. The van der Waals surface area contributed by atoms with Crippen LogP contribution in [0.4, 0.5) is 0 Å². The van der Waals surface area contributed by atoms with Gasteiger partial charge in [0.2, 0.25) is 5.88 Å². The highest BCUT2D eigenvalue weighted by molar-refractivity contribution is 6.42. The van der Waals surface area contributed by atoms with E-state index >= 15 is 0 Å². The Bertz CT molecular complexity index is 612. The number of aromatic nitrogens is 1. The predicted molar refractivity (Wildman–Crippen MR) is 79.7 cm³/mol. The average molecular weight is 310 g/mol. The molecule has 0 saturated carbocycles. The van der Waals surface area contributed by atoms with Crippen LogP contribution in [0, 0.1) is 0 Å². The summed E-state index contributed by atoms with van der Waals surface area (Å²) < 4.78 is 4.97. The van der Waals surface area contributed by atoms with Gasteiger partial charge >= 0.3 is 0 Å². The van der Waals surface area contributed by atoms with Gasteiger partial charge in [-0.15, -0.1) is 0 Å². The van der Waals surface area contributed by atoms with E-state index in [2.05, 4.69) is 4.98 Å². The Hall–Kier alpha value is -1.58. The summed E-state index contributed by atoms with van der Waals surface area (Å²) in [7, 11) is 1.55. The van der Waals surface area contributed by atoms with Crippen LogP contribution in [0.5, 0.6) is 5.88 Å². The molecule has 0 saturated heterocycles. The van der Waals surface area contributed by atoms with Crippen molar-refractivity contribution < 1.29 is 9.53 Å². The van der Waals surface area contributed by atoms with Crippen LogP contribution in [0.1, 0.15) is 11.1 Å². The number of nitrogens with zero attached hydrogens (tertiary/aromatic N) is 1. The van der Waals surface area contributed by atoms with Crippen LogP contribution in [0.2, 0.25) is 10.0 Å². The van der Waals surface area contributed by atoms with Crippen molar-refractivity contribution in [3.8, 4) is 5.88 Å². The van der Waals surface area contributed by atoms with Crippen molar-refractivity contribution in [1.29, 1.82) is 0 Å². The number of carbonyl (C=O) groups excluding carboxylic acids is 1. The molecule has 0 N–H and O–H groups in total. The summed E-state index contributed by atoms with van der Waals surface area (Å²) in [5.41, 5.74) is 1.71. The molecule has 0 radical (unpaired) electrons. The van der Waals surface area contributed by atoms with Gasteiger partial charge in [0.25, 0.3) is 0 Å². The minimum absolute atomic E-state index is 0.0929. The molecule has 1 aromatic heterocycles. The minimum Gasteiger partial charge on any atom is -0.481 e. The topological polar surface area (TPSA) is 39.2 Å². The first-order valence-corrected chi connectivity index (χ1v) is 6.78. The molecule has 0 amide bonds. The fourth-order valence-electron chi connectivity index (χ4n) is 1.80. The molecule has 20 heavy (non-hydrogen) atoms. The number of rotatable bonds is 5. The Morgan fingerprint density at radius 2 is 1.80 bits per heavy atom. The fourth-order valence-corrected chi connectivity index (χ4v) is 2.12. The van der Waals surface area contributed by atoms with Gasteiger partial charge in [0, 0.05) is 25.1 Å². The lowest BCUT2D eigenvalue weighted by molar-refractivity contribution is -0.117. The molecule has 1 heterocycles. The SMILES string of the molecule is COc1ccc(CC(=O)Cc2ccc(Cl)c(Cl)c2)cn1. The third-order valence-corrected chi connectivity index (χ3v) is 3.53. The average Bonchev–Trinajstić information content (AvgIpc) is 2.44. The number of Topliss-reactive ketones (excluding diaryl/α,β-unsaturated/α-hetero) is 1. The number of halogens is 2. The summed E-state index contributed by atoms with van der Waals surface area (Å²) in [5, 5.41) is 0.949. The van der Waals surface area contributed by atoms with E-state index in [1.165, 1.54) is 0 Å². The number of pyridine rings is 1. The molecule has 0 bridgehead atoms. The molecule has 0 spiro atoms. The molecular formula is C15H13Cl2NO2. The third kappa shape index (κ3) is 3.95. The van der Waals surface area contributed by atoms with Gasteiger partial charge in [-0.05, 0) is 23.3 Å². The molecule has 5 heteroatoms. The van der Waals surface area contributed by atoms with E-state index in [0.29, 0.717) is 28.8 Å². The molecule has 0 aliphatic carbocycles. The fraction of sp³-hybridized carbons (Fsp3) is 0.200. The van der Waals surface area contributed by atoms with Gasteiger partial charge in [0.1, 0.15) is 5.78 Å². The first-order valence-electron chi connectivity index (χ1n) is 6.03. The van der Waals surface area contributed by atoms with Crippen molar-refractivity contribution in [2.24, 2.45) is 0 Å². The van der Waals surface area contributed by atoms with Crippen molar-refractivity contribution in [3.63, 3.8) is 0 Å². The van der Waals surface area contributed by atoms with E-state index in [1.807, 2.05) is 6.07 Å². The van der Waals surface area contributed by atoms with Crippen LogP contribution in [0.25, 0.3) is 0 Å². The molecular weight excluding hydrogens is 297 g/mol. The molecule has 2 rings (SSSR count). The molecule has 0 aliphatic rings. The van der Waals surface area contributed by atoms with Crippen LogP contribution in [-0.2, 0) is 17.6 Å². The lowest BCUT2D eigenvalue weighted by atomic mass is 10.0. The highest BCUT2D eigenvalue weighted by Crippen LogP contribution is 2.23. The van der Waals surface area contributed by atoms with Crippen LogP contribution >= 0.6 is 23.2 Å². The molecule has 3 nitrogen and oxygen atoms in total. The second-order valence-corrected chi connectivity index (χ2v) is 5.16. The quantitative estimate of drug-likeness (QED) is 0.844. The number of carbonyl (C=O) groups is 1. The van der Waals surface area contributed by atoms with Crippen molar-refractivity contribution in [2.45, 2.75) is 12.8 Å². The molecule has 0 fully saturated rings. The summed E-state index contributed by atoms with van der Waals surface area (Å²) in [5.74, 6) is 0.626. The monoisotopic (exact) mass is 309 g/mol. The summed E-state index contributed by atoms with van der Waals surface area (Å²) in [4.78, 5) is 16.1. The van der Waals surface area contributed by atoms with Crippen molar-refractivity contribution in [1.82, 2.24) is 4.98 Å². The summed E-state index contributed by atoms with van der Waals surface area (Å²) in [6.45, 7) is 0. The van der Waals surface area contributed by atoms with Gasteiger partial charge in [0.05, 0.1) is 17.2 Å². The van der Waals surface area contributed by atoms with E-state index < -0.39 is 0 Å². The molecule has 0 unspecified atom stereocenters. The van der Waals surface area contributed by atoms with Gasteiger partial charge in [0.15, 0.2) is 0 Å². The van der Waals surface area contributed by atoms with Crippen molar-refractivity contribution in [2.75, 3.05) is 7.11 Å². The maximum absolute atomic E-state index is 12.0. The largest absolute Gasteiger partial charge is 0.481 e. The van der Waals surface area contributed by atoms with Crippen LogP contribution in [0.15, 0.2) is 36.5 Å². The molecule has 1 aromatic carbocycles. The van der Waals surface area contributed by atoms with Crippen molar-refractivity contribution >= 4 is 29.0 Å². The molecule has 0 atom stereocenters. The summed E-state index contributed by atoms with van der Waals surface area (Å²) >= 11 is 11.8. The zero-order chi connectivity index (χ0) is 14.5. The van der Waals surface area contributed by atoms with Crippen LogP contribution in [-0.4, -0.2) is 17.9 Å². The van der Waals surface area contributed by atoms with Gasteiger partial charge in [-0.3, -0.25) is 4.79 Å². The Morgan fingerprint density at radius 1 is 1.10 bits per heavy atom. The van der Waals surface area contributed by atoms with E-state index in [9.17, 15) is 4.79 Å². The Balaban J connectivity index is 1.99. The number of ketones is 1. The van der Waals surface area contributed by atoms with Gasteiger partial charge < -0.3 is 4.74 Å². The maximum atomic E-state index is 12.0. The number of benzene rings is 1. The lowest BCUT2D eigenvalue weighted by Crippen LogP contribution is -2.07. The van der Waals surface area contributed by atoms with Gasteiger partial charge in [-0.1, -0.05) is 35.3 Å². The maximum Gasteiger partial charge on any atom is 0.212 e. The van der Waals surface area contributed by atoms with Crippen LogP contribution < -0.4 is 4.74 Å². The zero-order valence-electron chi connectivity index (χ0n) is 10.9. The van der Waals surface area contributed by atoms with Gasteiger partial charge in [-0.2, -0.15) is 0 Å². The predicted octanol–water partition coefficient (Wildman–Crippen LogP) is 3.75. The van der Waals surface area contributed by atoms with E-state index in [4.69, 9.17) is 27.9 Å². The summed E-state index contributed by atoms with van der Waals surface area (Å²) in [6.07, 6.45) is 2.30. The molecule has 104 valence electrons. The Kier molecular flexibility index (Phi) is 4.99. The highest BCUT2D eigenvalue weighted by Gasteiger charge is 2.07. The minimum atomic E-state index is 0.0929.